The van der Waals surface area contributed by atoms with E-state index in [9.17, 15) is 9.59 Å². The van der Waals surface area contributed by atoms with Crippen LogP contribution in [0.3, 0.4) is 0 Å². The summed E-state index contributed by atoms with van der Waals surface area (Å²) in [4.78, 5) is 24.2. The third kappa shape index (κ3) is 0.822. The van der Waals surface area contributed by atoms with E-state index in [1.54, 1.807) is 7.05 Å². The van der Waals surface area contributed by atoms with Crippen molar-refractivity contribution in [1.29, 1.82) is 0 Å². The first-order valence-corrected chi connectivity index (χ1v) is 4.47. The molecule has 0 aromatic rings. The highest BCUT2D eigenvalue weighted by atomic mass is 16.2. The molecule has 0 N–H and O–H groups in total. The predicted octanol–water partition coefficient (Wildman–Crippen LogP) is 0.935. The average Bonchev–Trinajstić information content (AvgIpc) is 2.57. The van der Waals surface area contributed by atoms with Crippen LogP contribution < -0.4 is 0 Å². The first-order valence-electron chi connectivity index (χ1n) is 4.47. The van der Waals surface area contributed by atoms with Gasteiger partial charge in [-0.25, -0.2) is 0 Å². The van der Waals surface area contributed by atoms with Crippen molar-refractivity contribution in [3.8, 4) is 0 Å². The fourth-order valence-corrected chi connectivity index (χ4v) is 2.40. The lowest BCUT2D eigenvalue weighted by atomic mass is 9.85. The molecule has 0 bridgehead atoms. The van der Waals surface area contributed by atoms with Crippen molar-refractivity contribution in [1.82, 2.24) is 4.90 Å². The molecular formula is C9H13NO2. The molecule has 1 spiro atoms. The lowest BCUT2D eigenvalue weighted by Crippen LogP contribution is -2.30. The molecule has 1 aliphatic heterocycles. The van der Waals surface area contributed by atoms with Gasteiger partial charge in [0, 0.05) is 13.5 Å². The number of nitrogens with zero attached hydrogens (tertiary/aromatic N) is 1. The van der Waals surface area contributed by atoms with Crippen molar-refractivity contribution in [2.24, 2.45) is 5.41 Å². The number of carbonyl (C=O) groups excluding carboxylic acids is 2. The molecule has 3 nitrogen and oxygen atoms in total. The second-order valence-electron chi connectivity index (χ2n) is 3.92. The fraction of sp³-hybridized carbons (Fsp3) is 0.778. The molecule has 0 radical (unpaired) electrons. The summed E-state index contributed by atoms with van der Waals surface area (Å²) < 4.78 is 0. The summed E-state index contributed by atoms with van der Waals surface area (Å²) in [5.41, 5.74) is -0.272. The fourth-order valence-electron chi connectivity index (χ4n) is 2.40. The van der Waals surface area contributed by atoms with Gasteiger partial charge < -0.3 is 0 Å². The molecule has 1 saturated carbocycles. The summed E-state index contributed by atoms with van der Waals surface area (Å²) in [5.74, 6) is 0.0619. The van der Waals surface area contributed by atoms with Crippen molar-refractivity contribution < 1.29 is 9.59 Å². The van der Waals surface area contributed by atoms with Crippen LogP contribution in [0, 0.1) is 5.41 Å². The van der Waals surface area contributed by atoms with Crippen LogP contribution in [0.5, 0.6) is 0 Å². The maximum Gasteiger partial charge on any atom is 0.235 e. The van der Waals surface area contributed by atoms with E-state index in [4.69, 9.17) is 0 Å². The van der Waals surface area contributed by atoms with Crippen molar-refractivity contribution in [2.75, 3.05) is 7.05 Å². The number of rotatable bonds is 0. The van der Waals surface area contributed by atoms with Gasteiger partial charge in [0.25, 0.3) is 0 Å². The monoisotopic (exact) mass is 167 g/mol. The predicted molar refractivity (Wildman–Crippen MR) is 43.3 cm³/mol. The van der Waals surface area contributed by atoms with E-state index >= 15 is 0 Å². The SMILES string of the molecule is CN1C(=O)CC2(CCCC2)C1=O. The first-order chi connectivity index (χ1) is 5.66. The average molecular weight is 167 g/mol. The van der Waals surface area contributed by atoms with Gasteiger partial charge in [-0.1, -0.05) is 12.8 Å². The summed E-state index contributed by atoms with van der Waals surface area (Å²) in [6.45, 7) is 0. The van der Waals surface area contributed by atoms with Crippen LogP contribution >= 0.6 is 0 Å². The summed E-state index contributed by atoms with van der Waals surface area (Å²) in [6, 6.07) is 0. The van der Waals surface area contributed by atoms with Gasteiger partial charge in [0.05, 0.1) is 5.41 Å². The first kappa shape index (κ1) is 7.77. The smallest absolute Gasteiger partial charge is 0.235 e. The molecule has 1 heterocycles. The third-order valence-corrected chi connectivity index (χ3v) is 3.18. The summed E-state index contributed by atoms with van der Waals surface area (Å²) in [7, 11) is 1.59. The van der Waals surface area contributed by atoms with Crippen LogP contribution in [0.25, 0.3) is 0 Å². The third-order valence-electron chi connectivity index (χ3n) is 3.18. The van der Waals surface area contributed by atoms with Gasteiger partial charge in [0.1, 0.15) is 0 Å². The molecule has 3 heteroatoms. The Morgan fingerprint density at radius 1 is 1.25 bits per heavy atom. The van der Waals surface area contributed by atoms with Crippen molar-refractivity contribution >= 4 is 11.8 Å². The quantitative estimate of drug-likeness (QED) is 0.503. The maximum absolute atomic E-state index is 11.6. The molecule has 2 amide bonds. The van der Waals surface area contributed by atoms with Gasteiger partial charge in [0.15, 0.2) is 0 Å². The van der Waals surface area contributed by atoms with E-state index in [1.165, 1.54) is 4.90 Å². The van der Waals surface area contributed by atoms with Gasteiger partial charge in [-0.2, -0.15) is 0 Å². The van der Waals surface area contributed by atoms with Crippen LogP contribution in [0.15, 0.2) is 0 Å². The Hall–Kier alpha value is -0.860. The van der Waals surface area contributed by atoms with E-state index in [1.807, 2.05) is 0 Å². The van der Waals surface area contributed by atoms with E-state index in [0.29, 0.717) is 6.42 Å². The number of amides is 2. The van der Waals surface area contributed by atoms with E-state index in [0.717, 1.165) is 25.7 Å². The van der Waals surface area contributed by atoms with Crippen molar-refractivity contribution in [3.05, 3.63) is 0 Å². The van der Waals surface area contributed by atoms with Gasteiger partial charge >= 0.3 is 0 Å². The van der Waals surface area contributed by atoms with E-state index < -0.39 is 0 Å². The zero-order valence-electron chi connectivity index (χ0n) is 7.30. The number of imide groups is 1. The van der Waals surface area contributed by atoms with Gasteiger partial charge in [-0.15, -0.1) is 0 Å². The minimum atomic E-state index is -0.272. The molecule has 2 rings (SSSR count). The molecule has 0 aromatic heterocycles. The van der Waals surface area contributed by atoms with Gasteiger partial charge in [-0.05, 0) is 12.8 Å². The maximum atomic E-state index is 11.6. The lowest BCUT2D eigenvalue weighted by Gasteiger charge is -2.18. The van der Waals surface area contributed by atoms with Crippen LogP contribution in [0.1, 0.15) is 32.1 Å². The summed E-state index contributed by atoms with van der Waals surface area (Å²) in [6.07, 6.45) is 4.51. The molecule has 12 heavy (non-hydrogen) atoms. The van der Waals surface area contributed by atoms with Crippen molar-refractivity contribution in [2.45, 2.75) is 32.1 Å². The minimum absolute atomic E-state index is 0.00176. The highest BCUT2D eigenvalue weighted by Gasteiger charge is 2.51. The molecule has 0 unspecified atom stereocenters. The summed E-state index contributed by atoms with van der Waals surface area (Å²) >= 11 is 0. The topological polar surface area (TPSA) is 37.4 Å². The Morgan fingerprint density at radius 3 is 2.25 bits per heavy atom. The van der Waals surface area contributed by atoms with Gasteiger partial charge in [0.2, 0.25) is 11.8 Å². The molecule has 0 aromatic carbocycles. The number of likely N-dealkylation sites (tertiary alicyclic amines) is 1. The zero-order chi connectivity index (χ0) is 8.77. The number of carbonyl (C=O) groups is 2. The standard InChI is InChI=1S/C9H13NO2/c1-10-7(11)6-9(8(10)12)4-2-3-5-9/h2-6H2,1H3. The van der Waals surface area contributed by atoms with Crippen LogP contribution in [0.4, 0.5) is 0 Å². The Morgan fingerprint density at radius 2 is 1.83 bits per heavy atom. The molecule has 2 aliphatic rings. The molecule has 0 atom stereocenters. The molecule has 2 fully saturated rings. The van der Waals surface area contributed by atoms with Crippen LogP contribution in [-0.4, -0.2) is 23.8 Å². The van der Waals surface area contributed by atoms with E-state index in [-0.39, 0.29) is 17.2 Å². The largest absolute Gasteiger partial charge is 0.285 e. The Balaban J connectivity index is 2.29. The van der Waals surface area contributed by atoms with Gasteiger partial charge in [-0.3, -0.25) is 14.5 Å². The molecular weight excluding hydrogens is 154 g/mol. The molecule has 1 saturated heterocycles. The second-order valence-corrected chi connectivity index (χ2v) is 3.92. The van der Waals surface area contributed by atoms with Crippen LogP contribution in [-0.2, 0) is 9.59 Å². The highest BCUT2D eigenvalue weighted by molar-refractivity contribution is 6.05. The van der Waals surface area contributed by atoms with E-state index in [2.05, 4.69) is 0 Å². The number of hydrogen-bond donors (Lipinski definition) is 0. The second kappa shape index (κ2) is 2.31. The molecule has 1 aliphatic carbocycles. The number of hydrogen-bond acceptors (Lipinski definition) is 2. The minimum Gasteiger partial charge on any atom is -0.285 e. The zero-order valence-corrected chi connectivity index (χ0v) is 7.30. The Bertz CT molecular complexity index is 241. The summed E-state index contributed by atoms with van der Waals surface area (Å²) in [5, 5.41) is 0. The van der Waals surface area contributed by atoms with Crippen LogP contribution in [0.2, 0.25) is 0 Å². The Kier molecular flexibility index (Phi) is 1.50. The highest BCUT2D eigenvalue weighted by Crippen LogP contribution is 2.46. The lowest BCUT2D eigenvalue weighted by molar-refractivity contribution is -0.139. The molecule has 66 valence electrons. The Labute approximate surface area is 71.7 Å². The van der Waals surface area contributed by atoms with Crippen molar-refractivity contribution in [3.63, 3.8) is 0 Å². The normalized spacial score (nSPS) is 27.6.